The van der Waals surface area contributed by atoms with Gasteiger partial charge in [-0.1, -0.05) is 30.1 Å². The zero-order chi connectivity index (χ0) is 28.8. The summed E-state index contributed by atoms with van der Waals surface area (Å²) in [5, 5.41) is 0. The van der Waals surface area contributed by atoms with Gasteiger partial charge in [-0.15, -0.1) is 0 Å². The minimum absolute atomic E-state index is 0.223. The molecule has 1 aliphatic heterocycles. The zero-order valence-corrected chi connectivity index (χ0v) is 25.0. The van der Waals surface area contributed by atoms with E-state index in [2.05, 4.69) is 27.5 Å². The van der Waals surface area contributed by atoms with Gasteiger partial charge in [0.25, 0.3) is 5.56 Å². The van der Waals surface area contributed by atoms with Gasteiger partial charge in [0.05, 0.1) is 48.1 Å². The minimum atomic E-state index is -0.781. The largest absolute Gasteiger partial charge is 0.493 e. The first-order chi connectivity index (χ1) is 19.4. The second-order valence-electron chi connectivity index (χ2n) is 8.38. The van der Waals surface area contributed by atoms with Crippen molar-refractivity contribution in [1.29, 1.82) is 0 Å². The number of halogens is 1. The van der Waals surface area contributed by atoms with Crippen molar-refractivity contribution in [3.8, 4) is 23.0 Å². The molecule has 0 amide bonds. The Balaban J connectivity index is 1.87. The lowest BCUT2D eigenvalue weighted by molar-refractivity contribution is -0.136. The van der Waals surface area contributed by atoms with Gasteiger partial charge in [0.15, 0.2) is 27.8 Å². The van der Waals surface area contributed by atoms with E-state index in [1.807, 2.05) is 26.0 Å². The Kier molecular flexibility index (Phi) is 9.49. The van der Waals surface area contributed by atoms with Gasteiger partial charge in [-0.3, -0.25) is 9.36 Å². The maximum Gasteiger partial charge on any atom is 0.337 e. The third-order valence-corrected chi connectivity index (χ3v) is 7.49. The van der Waals surface area contributed by atoms with Crippen molar-refractivity contribution in [1.82, 2.24) is 4.57 Å². The third kappa shape index (κ3) is 5.85. The summed E-state index contributed by atoms with van der Waals surface area (Å²) < 4.78 is 30.4. The topological polar surface area (TPSA) is 97.6 Å². The van der Waals surface area contributed by atoms with E-state index >= 15 is 0 Å². The van der Waals surface area contributed by atoms with Crippen molar-refractivity contribution >= 4 is 39.3 Å². The summed E-state index contributed by atoms with van der Waals surface area (Å²) in [6.07, 6.45) is 4.84. The maximum atomic E-state index is 13.9. The summed E-state index contributed by atoms with van der Waals surface area (Å²) >= 11 is 4.74. The van der Waals surface area contributed by atoms with E-state index in [4.69, 9.17) is 23.7 Å². The van der Waals surface area contributed by atoms with Crippen molar-refractivity contribution in [2.24, 2.45) is 4.99 Å². The molecule has 0 saturated carbocycles. The molecule has 1 aliphatic rings. The average molecular weight is 630 g/mol. The van der Waals surface area contributed by atoms with Gasteiger partial charge in [0, 0.05) is 6.20 Å². The Morgan fingerprint density at radius 1 is 1.10 bits per heavy atom. The number of carbonyl (C=O) groups is 1. The Hall–Kier alpha value is -3.83. The number of nitrogens with zero attached hydrogens (tertiary/aromatic N) is 2. The van der Waals surface area contributed by atoms with Gasteiger partial charge in [-0.2, -0.15) is 0 Å². The molecule has 11 heteroatoms. The second kappa shape index (κ2) is 13.0. The number of carbonyl (C=O) groups excluding carboxylic acids is 1. The fourth-order valence-electron chi connectivity index (χ4n) is 4.24. The molecule has 40 heavy (non-hydrogen) atoms. The number of rotatable bonds is 11. The molecule has 0 bridgehead atoms. The number of hydrogen-bond acceptors (Lipinski definition) is 9. The van der Waals surface area contributed by atoms with Gasteiger partial charge >= 0.3 is 5.97 Å². The number of thiazole rings is 1. The first kappa shape index (κ1) is 29.2. The van der Waals surface area contributed by atoms with Crippen molar-refractivity contribution in [3.05, 3.63) is 90.0 Å². The highest BCUT2D eigenvalue weighted by atomic mass is 79.9. The summed E-state index contributed by atoms with van der Waals surface area (Å²) in [5.74, 6) is 1.53. The number of aromatic nitrogens is 1. The Morgan fingerprint density at radius 2 is 1.85 bits per heavy atom. The Labute approximate surface area is 243 Å². The molecule has 1 aromatic heterocycles. The number of hydrogen-bond donors (Lipinski definition) is 0. The number of ether oxygens (including phenoxy) is 5. The summed E-state index contributed by atoms with van der Waals surface area (Å²) in [6, 6.07) is 8.19. The van der Waals surface area contributed by atoms with Crippen LogP contribution in [0.3, 0.4) is 0 Å². The van der Waals surface area contributed by atoms with Crippen LogP contribution in [-0.4, -0.2) is 44.6 Å². The van der Waals surface area contributed by atoms with Crippen LogP contribution in [-0.2, 0) is 9.53 Å². The van der Waals surface area contributed by atoms with Gasteiger partial charge in [-0.05, 0) is 71.2 Å². The molecule has 0 spiro atoms. The van der Waals surface area contributed by atoms with Crippen LogP contribution in [0, 0.1) is 0 Å². The lowest BCUT2D eigenvalue weighted by Gasteiger charge is -2.23. The zero-order valence-electron chi connectivity index (χ0n) is 22.6. The molecule has 0 N–H and O–H groups in total. The predicted octanol–water partition coefficient (Wildman–Crippen LogP) is 4.15. The van der Waals surface area contributed by atoms with E-state index in [0.717, 1.165) is 0 Å². The lowest BCUT2D eigenvalue weighted by Crippen LogP contribution is -2.39. The summed E-state index contributed by atoms with van der Waals surface area (Å²) in [7, 11) is 2.84. The molecule has 0 aliphatic carbocycles. The Morgan fingerprint density at radius 3 is 2.52 bits per heavy atom. The monoisotopic (exact) mass is 628 g/mol. The van der Waals surface area contributed by atoms with E-state index in [9.17, 15) is 9.59 Å². The van der Waals surface area contributed by atoms with Gasteiger partial charge in [0.2, 0.25) is 0 Å². The first-order valence-corrected chi connectivity index (χ1v) is 14.1. The van der Waals surface area contributed by atoms with Crippen LogP contribution in [0.5, 0.6) is 23.0 Å². The normalized spacial score (nSPS) is 14.5. The van der Waals surface area contributed by atoms with Crippen LogP contribution >= 0.6 is 27.3 Å². The van der Waals surface area contributed by atoms with E-state index in [1.54, 1.807) is 37.5 Å². The molecule has 0 unspecified atom stereocenters. The first-order valence-electron chi connectivity index (χ1n) is 12.5. The van der Waals surface area contributed by atoms with Gasteiger partial charge < -0.3 is 23.7 Å². The molecule has 210 valence electrons. The molecular weight excluding hydrogens is 600 g/mol. The molecule has 4 rings (SSSR count). The standard InChI is InChI=1S/C29H29BrN2O7S/c1-6-11-39-26-20(30)12-17(13-23(26)35-4)14-24-27(33)32-25(19(28(34)36-5)16-31-29(32)40-24)18-9-10-21(37-7-2)22(15-18)38-8-3/h6,9-10,12-16,25H,1,7-8,11H2,2-5H3/b24-14-/t25-/m1/s1. The quantitative estimate of drug-likeness (QED) is 0.232. The summed E-state index contributed by atoms with van der Waals surface area (Å²) in [6.45, 7) is 8.62. The van der Waals surface area contributed by atoms with Crippen molar-refractivity contribution in [3.63, 3.8) is 0 Å². The van der Waals surface area contributed by atoms with Crippen LogP contribution in [0.4, 0.5) is 0 Å². The number of benzene rings is 2. The third-order valence-electron chi connectivity index (χ3n) is 5.90. The van der Waals surface area contributed by atoms with E-state index < -0.39 is 12.0 Å². The molecule has 0 saturated heterocycles. The van der Waals surface area contributed by atoms with E-state index in [0.29, 0.717) is 67.8 Å². The van der Waals surface area contributed by atoms with Crippen molar-refractivity contribution < 1.29 is 28.5 Å². The van der Waals surface area contributed by atoms with Gasteiger partial charge in [0.1, 0.15) is 6.61 Å². The molecule has 1 atom stereocenters. The molecule has 3 aromatic rings. The summed E-state index contributed by atoms with van der Waals surface area (Å²) in [4.78, 5) is 31.5. The van der Waals surface area contributed by atoms with Crippen LogP contribution in [0.15, 0.2) is 69.0 Å². The van der Waals surface area contributed by atoms with Crippen LogP contribution in [0.2, 0.25) is 0 Å². The highest BCUT2D eigenvalue weighted by Gasteiger charge is 2.31. The number of methoxy groups -OCH3 is 2. The van der Waals surface area contributed by atoms with Crippen molar-refractivity contribution in [2.45, 2.75) is 19.9 Å². The van der Waals surface area contributed by atoms with Crippen molar-refractivity contribution in [2.75, 3.05) is 34.0 Å². The SMILES string of the molecule is C=CCOc1c(Br)cc(/C=c2\sc3n(c2=O)[C@H](c2ccc(OCC)c(OCC)c2)C(C(=O)OC)=CN=3)cc1OC. The van der Waals surface area contributed by atoms with Crippen LogP contribution < -0.4 is 33.8 Å². The maximum absolute atomic E-state index is 13.9. The average Bonchev–Trinajstić information content (AvgIpc) is 3.27. The molecular formula is C29H29BrN2O7S. The minimum Gasteiger partial charge on any atom is -0.493 e. The van der Waals surface area contributed by atoms with Crippen LogP contribution in [0.25, 0.3) is 6.08 Å². The van der Waals surface area contributed by atoms with E-state index in [-0.39, 0.29) is 11.1 Å². The molecule has 9 nitrogen and oxygen atoms in total. The lowest BCUT2D eigenvalue weighted by atomic mass is 9.97. The van der Waals surface area contributed by atoms with Gasteiger partial charge in [-0.25, -0.2) is 9.79 Å². The number of fused-ring (bicyclic) bond motifs is 1. The fraction of sp³-hybridized carbons (Fsp3) is 0.276. The molecule has 2 aromatic carbocycles. The smallest absolute Gasteiger partial charge is 0.337 e. The predicted molar refractivity (Wildman–Crippen MR) is 156 cm³/mol. The van der Waals surface area contributed by atoms with E-state index in [1.165, 1.54) is 29.2 Å². The Bertz CT molecular complexity index is 1640. The van der Waals surface area contributed by atoms with Crippen LogP contribution in [0.1, 0.15) is 31.0 Å². The fourth-order valence-corrected chi connectivity index (χ4v) is 5.79. The second-order valence-corrected chi connectivity index (χ2v) is 10.2. The highest BCUT2D eigenvalue weighted by Crippen LogP contribution is 2.37. The highest BCUT2D eigenvalue weighted by molar-refractivity contribution is 9.10. The summed E-state index contributed by atoms with van der Waals surface area (Å²) in [5.41, 5.74) is 1.28. The molecule has 0 radical (unpaired) electrons. The molecule has 2 heterocycles. The number of esters is 1. The molecule has 0 fully saturated rings.